The van der Waals surface area contributed by atoms with Crippen LogP contribution in [0.4, 0.5) is 10.1 Å². The van der Waals surface area contributed by atoms with E-state index >= 15 is 0 Å². The molecule has 114 valence electrons. The van der Waals surface area contributed by atoms with Crippen molar-refractivity contribution < 1.29 is 18.7 Å². The number of benzene rings is 1. The lowest BCUT2D eigenvalue weighted by atomic mass is 9.97. The molecule has 0 radical (unpaired) electrons. The molecule has 0 bridgehead atoms. The van der Waals surface area contributed by atoms with Gasteiger partial charge in [0.2, 0.25) is 5.91 Å². The standard InChI is InChI=1S/C15H19FN2O3/c1-4-15(2)14(20)18(8-7-13(19)17-15)10-5-6-11(16)12(9-10)21-3/h5-6,9H,4,7-8H2,1-3H3,(H,17,19). The lowest BCUT2D eigenvalue weighted by Crippen LogP contribution is -2.54. The number of rotatable bonds is 3. The molecule has 1 atom stereocenters. The second-order valence-corrected chi connectivity index (χ2v) is 5.26. The summed E-state index contributed by atoms with van der Waals surface area (Å²) in [7, 11) is 1.37. The van der Waals surface area contributed by atoms with Gasteiger partial charge in [0.15, 0.2) is 11.6 Å². The molecule has 1 N–H and O–H groups in total. The summed E-state index contributed by atoms with van der Waals surface area (Å²) in [4.78, 5) is 26.0. The van der Waals surface area contributed by atoms with Crippen LogP contribution in [0.1, 0.15) is 26.7 Å². The van der Waals surface area contributed by atoms with Gasteiger partial charge in [0, 0.05) is 24.7 Å². The van der Waals surface area contributed by atoms with Crippen LogP contribution in [0.15, 0.2) is 18.2 Å². The first-order valence-electron chi connectivity index (χ1n) is 6.88. The molecule has 2 rings (SSSR count). The molecule has 1 unspecified atom stereocenters. The van der Waals surface area contributed by atoms with Crippen molar-refractivity contribution in [3.63, 3.8) is 0 Å². The molecule has 1 saturated heterocycles. The molecule has 1 aliphatic heterocycles. The highest BCUT2D eigenvalue weighted by Crippen LogP contribution is 2.28. The summed E-state index contributed by atoms with van der Waals surface area (Å²) in [5, 5.41) is 2.76. The minimum atomic E-state index is -0.949. The number of methoxy groups -OCH3 is 1. The molecule has 21 heavy (non-hydrogen) atoms. The maximum Gasteiger partial charge on any atom is 0.252 e. The van der Waals surface area contributed by atoms with Crippen LogP contribution < -0.4 is 15.0 Å². The maximum atomic E-state index is 13.5. The molecule has 0 aliphatic carbocycles. The van der Waals surface area contributed by atoms with Crippen LogP contribution in [0, 0.1) is 5.82 Å². The highest BCUT2D eigenvalue weighted by atomic mass is 19.1. The van der Waals surface area contributed by atoms with Crippen LogP contribution in [-0.4, -0.2) is 31.0 Å². The third-order valence-corrected chi connectivity index (χ3v) is 3.85. The quantitative estimate of drug-likeness (QED) is 0.925. The molecule has 1 fully saturated rings. The Morgan fingerprint density at radius 3 is 2.76 bits per heavy atom. The molecule has 0 aromatic heterocycles. The predicted molar refractivity (Wildman–Crippen MR) is 76.8 cm³/mol. The van der Waals surface area contributed by atoms with Crippen molar-refractivity contribution in [3.05, 3.63) is 24.0 Å². The van der Waals surface area contributed by atoms with E-state index in [0.717, 1.165) is 0 Å². The van der Waals surface area contributed by atoms with Crippen molar-refractivity contribution in [1.29, 1.82) is 0 Å². The average Bonchev–Trinajstić information content (AvgIpc) is 2.58. The Balaban J connectivity index is 2.42. The Morgan fingerprint density at radius 2 is 2.14 bits per heavy atom. The topological polar surface area (TPSA) is 58.6 Å². The van der Waals surface area contributed by atoms with Gasteiger partial charge in [0.25, 0.3) is 5.91 Å². The number of anilines is 1. The number of halogens is 1. The zero-order chi connectivity index (χ0) is 15.6. The van der Waals surface area contributed by atoms with E-state index in [1.165, 1.54) is 30.2 Å². The molecule has 1 heterocycles. The van der Waals surface area contributed by atoms with E-state index in [1.807, 2.05) is 6.92 Å². The molecular weight excluding hydrogens is 275 g/mol. The summed E-state index contributed by atoms with van der Waals surface area (Å²) in [6, 6.07) is 4.24. The van der Waals surface area contributed by atoms with Gasteiger partial charge in [-0.05, 0) is 25.5 Å². The van der Waals surface area contributed by atoms with E-state index in [2.05, 4.69) is 5.32 Å². The van der Waals surface area contributed by atoms with Crippen LogP contribution in [0.2, 0.25) is 0 Å². The fourth-order valence-electron chi connectivity index (χ4n) is 2.34. The molecule has 1 aliphatic rings. The van der Waals surface area contributed by atoms with Gasteiger partial charge < -0.3 is 15.0 Å². The van der Waals surface area contributed by atoms with Gasteiger partial charge in [0.05, 0.1) is 7.11 Å². The minimum Gasteiger partial charge on any atom is -0.494 e. The zero-order valence-corrected chi connectivity index (χ0v) is 12.4. The first-order valence-corrected chi connectivity index (χ1v) is 6.88. The van der Waals surface area contributed by atoms with Crippen LogP contribution in [0.25, 0.3) is 0 Å². The van der Waals surface area contributed by atoms with Gasteiger partial charge in [0.1, 0.15) is 5.54 Å². The summed E-state index contributed by atoms with van der Waals surface area (Å²) in [6.45, 7) is 3.80. The Kier molecular flexibility index (Phi) is 4.16. The smallest absolute Gasteiger partial charge is 0.252 e. The van der Waals surface area contributed by atoms with Crippen LogP contribution in [0.3, 0.4) is 0 Å². The fourth-order valence-corrected chi connectivity index (χ4v) is 2.34. The highest BCUT2D eigenvalue weighted by Gasteiger charge is 2.39. The Hall–Kier alpha value is -2.11. The van der Waals surface area contributed by atoms with Crippen LogP contribution >= 0.6 is 0 Å². The largest absolute Gasteiger partial charge is 0.494 e. The van der Waals surface area contributed by atoms with Gasteiger partial charge >= 0.3 is 0 Å². The monoisotopic (exact) mass is 294 g/mol. The molecule has 1 aromatic carbocycles. The van der Waals surface area contributed by atoms with Gasteiger partial charge in [-0.2, -0.15) is 0 Å². The second-order valence-electron chi connectivity index (χ2n) is 5.26. The van der Waals surface area contributed by atoms with E-state index in [1.54, 1.807) is 6.92 Å². The van der Waals surface area contributed by atoms with E-state index in [4.69, 9.17) is 4.74 Å². The first-order chi connectivity index (χ1) is 9.91. The van der Waals surface area contributed by atoms with E-state index in [9.17, 15) is 14.0 Å². The number of hydrogen-bond donors (Lipinski definition) is 1. The summed E-state index contributed by atoms with van der Waals surface area (Å²) in [6.07, 6.45) is 0.688. The molecule has 6 heteroatoms. The number of nitrogens with zero attached hydrogens (tertiary/aromatic N) is 1. The highest BCUT2D eigenvalue weighted by molar-refractivity contribution is 6.04. The number of hydrogen-bond acceptors (Lipinski definition) is 3. The maximum absolute atomic E-state index is 13.5. The number of amides is 2. The molecule has 5 nitrogen and oxygen atoms in total. The zero-order valence-electron chi connectivity index (χ0n) is 12.4. The number of nitrogens with one attached hydrogen (secondary N) is 1. The van der Waals surface area contributed by atoms with Gasteiger partial charge in [-0.1, -0.05) is 6.92 Å². The fraction of sp³-hybridized carbons (Fsp3) is 0.467. The number of ether oxygens (including phenoxy) is 1. The average molecular weight is 294 g/mol. The molecule has 0 spiro atoms. The van der Waals surface area contributed by atoms with Crippen LogP contribution in [0.5, 0.6) is 5.75 Å². The van der Waals surface area contributed by atoms with Crippen molar-refractivity contribution in [3.8, 4) is 5.75 Å². The number of carbonyl (C=O) groups excluding carboxylic acids is 2. The lowest BCUT2D eigenvalue weighted by Gasteiger charge is -2.31. The van der Waals surface area contributed by atoms with Crippen LogP contribution in [-0.2, 0) is 9.59 Å². The van der Waals surface area contributed by atoms with E-state index in [-0.39, 0.29) is 30.5 Å². The normalized spacial score (nSPS) is 22.8. The summed E-state index contributed by atoms with van der Waals surface area (Å²) in [5.74, 6) is -0.785. The Morgan fingerprint density at radius 1 is 1.43 bits per heavy atom. The predicted octanol–water partition coefficient (Wildman–Crippen LogP) is 1.86. The third-order valence-electron chi connectivity index (χ3n) is 3.85. The van der Waals surface area contributed by atoms with Crippen molar-refractivity contribution in [2.75, 3.05) is 18.6 Å². The Labute approximate surface area is 123 Å². The summed E-state index contributed by atoms with van der Waals surface area (Å²) >= 11 is 0. The van der Waals surface area contributed by atoms with E-state index in [0.29, 0.717) is 12.1 Å². The van der Waals surface area contributed by atoms with Gasteiger partial charge in [-0.3, -0.25) is 9.59 Å². The summed E-state index contributed by atoms with van der Waals surface area (Å²) in [5.41, 5.74) is -0.427. The molecule has 2 amide bonds. The van der Waals surface area contributed by atoms with Crippen molar-refractivity contribution in [1.82, 2.24) is 5.32 Å². The second kappa shape index (κ2) is 5.71. The van der Waals surface area contributed by atoms with Crippen molar-refractivity contribution in [2.24, 2.45) is 0 Å². The van der Waals surface area contributed by atoms with Gasteiger partial charge in [-0.25, -0.2) is 4.39 Å². The van der Waals surface area contributed by atoms with Crippen molar-refractivity contribution in [2.45, 2.75) is 32.2 Å². The third kappa shape index (κ3) is 2.84. The van der Waals surface area contributed by atoms with Crippen molar-refractivity contribution >= 4 is 17.5 Å². The minimum absolute atomic E-state index is 0.0713. The summed E-state index contributed by atoms with van der Waals surface area (Å²) < 4.78 is 18.4. The van der Waals surface area contributed by atoms with Gasteiger partial charge in [-0.15, -0.1) is 0 Å². The first kappa shape index (κ1) is 15.3. The molecular formula is C15H19FN2O3. The molecule has 0 saturated carbocycles. The molecule has 1 aromatic rings. The lowest BCUT2D eigenvalue weighted by molar-refractivity contribution is -0.129. The van der Waals surface area contributed by atoms with E-state index < -0.39 is 11.4 Å². The number of carbonyl (C=O) groups is 2. The SMILES string of the molecule is CCC1(C)NC(=O)CCN(c2ccc(F)c(OC)c2)C1=O. The Bertz CT molecular complexity index is 576.